The molecule has 45 heavy (non-hydrogen) atoms. The predicted molar refractivity (Wildman–Crippen MR) is 174 cm³/mol. The van der Waals surface area contributed by atoms with Crippen LogP contribution >= 0.6 is 0 Å². The summed E-state index contributed by atoms with van der Waals surface area (Å²) in [7, 11) is 0. The summed E-state index contributed by atoms with van der Waals surface area (Å²) in [6.07, 6.45) is 6.08. The van der Waals surface area contributed by atoms with Gasteiger partial charge in [0.1, 0.15) is 11.6 Å². The molecule has 3 fully saturated rings. The van der Waals surface area contributed by atoms with E-state index in [-0.39, 0.29) is 30.4 Å². The number of ether oxygens (including phenoxy) is 1. The van der Waals surface area contributed by atoms with E-state index >= 15 is 0 Å². The van der Waals surface area contributed by atoms with E-state index in [1.807, 2.05) is 74.5 Å². The highest BCUT2D eigenvalue weighted by molar-refractivity contribution is 5.99. The molecule has 1 spiro atoms. The maximum atomic E-state index is 14.9. The summed E-state index contributed by atoms with van der Waals surface area (Å²) in [5.74, 6) is -2.40. The molecule has 2 aromatic rings. The van der Waals surface area contributed by atoms with Gasteiger partial charge in [0.25, 0.3) is 0 Å². The van der Waals surface area contributed by atoms with Crippen molar-refractivity contribution >= 4 is 17.7 Å². The van der Waals surface area contributed by atoms with Crippen LogP contribution in [0.25, 0.3) is 0 Å². The number of carbonyl (C=O) groups is 3. The van der Waals surface area contributed by atoms with E-state index in [0.29, 0.717) is 32.5 Å². The van der Waals surface area contributed by atoms with Crippen molar-refractivity contribution in [3.8, 4) is 0 Å². The second-order valence-electron chi connectivity index (χ2n) is 13.0. The molecule has 0 aromatic heterocycles. The van der Waals surface area contributed by atoms with Crippen LogP contribution in [0.5, 0.6) is 0 Å². The minimum atomic E-state index is -1.20. The average Bonchev–Trinajstić information content (AvgIpc) is 3.61. The molecule has 8 nitrogen and oxygen atoms in total. The van der Waals surface area contributed by atoms with Gasteiger partial charge in [-0.2, -0.15) is 0 Å². The third kappa shape index (κ3) is 5.63. The van der Waals surface area contributed by atoms with Gasteiger partial charge in [0.15, 0.2) is 0 Å². The first-order valence-corrected chi connectivity index (χ1v) is 16.2. The van der Waals surface area contributed by atoms with Gasteiger partial charge in [-0.05, 0) is 44.2 Å². The Morgan fingerprint density at radius 3 is 2.29 bits per heavy atom. The molecule has 3 aliphatic rings. The third-order valence-corrected chi connectivity index (χ3v) is 10.1. The maximum absolute atomic E-state index is 14.9. The zero-order valence-corrected chi connectivity index (χ0v) is 26.8. The molecule has 8 heteroatoms. The highest BCUT2D eigenvalue weighted by Crippen LogP contribution is 2.64. The van der Waals surface area contributed by atoms with Crippen LogP contribution in [0.1, 0.15) is 63.6 Å². The molecular formula is C37H47N3O5. The number of nitrogens with zero attached hydrogens (tertiary/aromatic N) is 3. The predicted octanol–water partition coefficient (Wildman–Crippen LogP) is 4.90. The van der Waals surface area contributed by atoms with E-state index in [1.165, 1.54) is 0 Å². The van der Waals surface area contributed by atoms with E-state index in [0.717, 1.165) is 24.0 Å². The molecule has 2 bridgehead atoms. The number of hydrogen-bond acceptors (Lipinski definition) is 5. The Kier molecular flexibility index (Phi) is 9.65. The first kappa shape index (κ1) is 32.6. The molecule has 0 radical (unpaired) electrons. The van der Waals surface area contributed by atoms with Crippen molar-refractivity contribution in [2.24, 2.45) is 11.8 Å². The average molecular weight is 614 g/mol. The third-order valence-electron chi connectivity index (χ3n) is 10.1. The normalized spacial score (nSPS) is 28.0. The van der Waals surface area contributed by atoms with E-state index in [9.17, 15) is 19.5 Å². The molecule has 7 atom stereocenters. The van der Waals surface area contributed by atoms with Gasteiger partial charge in [-0.1, -0.05) is 86.2 Å². The second kappa shape index (κ2) is 13.3. The Bertz CT molecular complexity index is 1400. The lowest BCUT2D eigenvalue weighted by Crippen LogP contribution is -2.58. The Morgan fingerprint density at radius 2 is 1.69 bits per heavy atom. The molecule has 2 aromatic carbocycles. The minimum absolute atomic E-state index is 0.0993. The van der Waals surface area contributed by atoms with Gasteiger partial charge in [-0.3, -0.25) is 14.4 Å². The molecule has 3 amide bonds. The molecule has 3 saturated heterocycles. The van der Waals surface area contributed by atoms with Gasteiger partial charge in [0, 0.05) is 25.7 Å². The molecule has 1 N–H and O–H groups in total. The Morgan fingerprint density at radius 1 is 1.04 bits per heavy atom. The highest BCUT2D eigenvalue weighted by atomic mass is 16.5. The molecule has 3 aliphatic heterocycles. The highest BCUT2D eigenvalue weighted by Gasteiger charge is 2.79. The Balaban J connectivity index is 1.62. The summed E-state index contributed by atoms with van der Waals surface area (Å²) < 4.78 is 6.93. The number of carbonyl (C=O) groups excluding carboxylic acids is 3. The lowest BCUT2D eigenvalue weighted by atomic mass is 9.66. The van der Waals surface area contributed by atoms with Crippen LogP contribution in [0, 0.1) is 11.8 Å². The smallest absolute Gasteiger partial charge is 0.248 e. The largest absolute Gasteiger partial charge is 0.394 e. The Hall–Kier alpha value is -3.75. The molecule has 5 rings (SSSR count). The van der Waals surface area contributed by atoms with E-state index in [2.05, 4.69) is 20.1 Å². The topological polar surface area (TPSA) is 90.4 Å². The number of amides is 3. The van der Waals surface area contributed by atoms with Crippen LogP contribution in [-0.4, -0.2) is 80.5 Å². The summed E-state index contributed by atoms with van der Waals surface area (Å²) in [5, 5.41) is 10.8. The van der Waals surface area contributed by atoms with Crippen molar-refractivity contribution < 1.29 is 24.2 Å². The molecular weight excluding hydrogens is 566 g/mol. The Labute approximate surface area is 267 Å². The van der Waals surface area contributed by atoms with E-state index in [4.69, 9.17) is 4.74 Å². The van der Waals surface area contributed by atoms with E-state index < -0.39 is 35.1 Å². The monoisotopic (exact) mass is 613 g/mol. The fourth-order valence-corrected chi connectivity index (χ4v) is 8.13. The van der Waals surface area contributed by atoms with Crippen LogP contribution in [0.2, 0.25) is 0 Å². The molecule has 0 aliphatic carbocycles. The van der Waals surface area contributed by atoms with Crippen LogP contribution < -0.4 is 0 Å². The zero-order valence-electron chi connectivity index (χ0n) is 26.8. The number of aliphatic hydroxyl groups is 1. The number of fused-ring (bicyclic) bond motifs is 1. The van der Waals surface area contributed by atoms with Crippen molar-refractivity contribution in [2.45, 2.75) is 82.3 Å². The number of rotatable bonds is 14. The second-order valence-corrected chi connectivity index (χ2v) is 13.0. The summed E-state index contributed by atoms with van der Waals surface area (Å²) in [5.41, 5.74) is -0.430. The number of benzene rings is 2. The quantitative estimate of drug-likeness (QED) is 0.306. The van der Waals surface area contributed by atoms with Gasteiger partial charge in [-0.25, -0.2) is 0 Å². The lowest BCUT2D eigenvalue weighted by Gasteiger charge is -2.41. The summed E-state index contributed by atoms with van der Waals surface area (Å²) in [6.45, 7) is 14.4. The van der Waals surface area contributed by atoms with Crippen molar-refractivity contribution in [3.05, 3.63) is 97.1 Å². The molecule has 0 saturated carbocycles. The van der Waals surface area contributed by atoms with Gasteiger partial charge >= 0.3 is 0 Å². The summed E-state index contributed by atoms with van der Waals surface area (Å²) in [4.78, 5) is 49.4. The first-order valence-electron chi connectivity index (χ1n) is 16.2. The van der Waals surface area contributed by atoms with Gasteiger partial charge in [-0.15, -0.1) is 13.2 Å². The summed E-state index contributed by atoms with van der Waals surface area (Å²) >= 11 is 0. The molecule has 3 heterocycles. The van der Waals surface area contributed by atoms with Crippen molar-refractivity contribution in [1.29, 1.82) is 0 Å². The number of hydrogen-bond donors (Lipinski definition) is 1. The van der Waals surface area contributed by atoms with Gasteiger partial charge in [0.05, 0.1) is 30.1 Å². The van der Waals surface area contributed by atoms with Crippen LogP contribution in [0.3, 0.4) is 0 Å². The zero-order chi connectivity index (χ0) is 32.4. The first-order chi connectivity index (χ1) is 21.7. The SMILES string of the molecule is C=CCN(Cc1ccccc1)C(=O)[C@H]1[C@H]2C(=O)N([C@H](CO)c3ccccc3)C(C(=O)N(CC=C)C(C)CCC)C23CC[C@]1(C)O3. The fraction of sp³-hybridized carbons (Fsp3) is 0.486. The fourth-order valence-electron chi connectivity index (χ4n) is 8.13. The number of likely N-dealkylation sites (tertiary alicyclic amines) is 1. The van der Waals surface area contributed by atoms with Crippen molar-refractivity contribution in [3.63, 3.8) is 0 Å². The minimum Gasteiger partial charge on any atom is -0.394 e. The van der Waals surface area contributed by atoms with Crippen LogP contribution in [0.4, 0.5) is 0 Å². The van der Waals surface area contributed by atoms with Gasteiger partial charge < -0.3 is 24.5 Å². The van der Waals surface area contributed by atoms with Crippen LogP contribution in [-0.2, 0) is 25.7 Å². The van der Waals surface area contributed by atoms with Gasteiger partial charge in [0.2, 0.25) is 17.7 Å². The van der Waals surface area contributed by atoms with Crippen LogP contribution in [0.15, 0.2) is 86.0 Å². The van der Waals surface area contributed by atoms with Crippen molar-refractivity contribution in [1.82, 2.24) is 14.7 Å². The summed E-state index contributed by atoms with van der Waals surface area (Å²) in [6, 6.07) is 17.2. The van der Waals surface area contributed by atoms with Crippen molar-refractivity contribution in [2.75, 3.05) is 19.7 Å². The van der Waals surface area contributed by atoms with E-state index in [1.54, 1.807) is 26.9 Å². The number of aliphatic hydroxyl groups excluding tert-OH is 1. The molecule has 240 valence electrons. The molecule has 3 unspecified atom stereocenters. The maximum Gasteiger partial charge on any atom is 0.248 e. The lowest BCUT2D eigenvalue weighted by molar-refractivity contribution is -0.157. The standard InChI is InChI=1S/C37H47N3O5/c1-6-15-26(4)39(23-8-3)35(44)32-37-21-20-36(5,45-37)30(33(42)38(22-7-2)24-27-16-11-9-12-17-27)31(37)34(43)40(32)29(25-41)28-18-13-10-14-19-28/h7-14,16-19,26,29-32,41H,2-3,6,15,20-25H2,1,4-5H3/t26?,29-,30-,31+,32?,36+,37?/m1/s1.